The molecular weight excluding hydrogens is 108 g/mol. The molecule has 0 radical (unpaired) electrons. The third-order valence-corrected chi connectivity index (χ3v) is 1.89. The van der Waals surface area contributed by atoms with E-state index in [4.69, 9.17) is 0 Å². The second kappa shape index (κ2) is 2.03. The lowest BCUT2D eigenvalue weighted by molar-refractivity contribution is 0.576. The maximum atomic E-state index is 3.27. The maximum Gasteiger partial charge on any atom is 0.0662 e. The Hall–Kier alpha value is 0.270. The van der Waals surface area contributed by atoms with E-state index >= 15 is 0 Å². The quantitative estimate of drug-likeness (QED) is 0.453. The second-order valence-corrected chi connectivity index (χ2v) is 2.94. The van der Waals surface area contributed by atoms with Gasteiger partial charge < -0.3 is 0 Å². The lowest BCUT2D eigenvalue weighted by Gasteiger charge is -1.98. The van der Waals surface area contributed by atoms with E-state index < -0.39 is 0 Å². The Morgan fingerprint density at radius 1 is 1.43 bits per heavy atom. The Balaban J connectivity index is 2.26. The van der Waals surface area contributed by atoms with Gasteiger partial charge in [-0.05, 0) is 13.8 Å². The van der Waals surface area contributed by atoms with E-state index in [1.54, 1.807) is 11.9 Å². The van der Waals surface area contributed by atoms with Crippen LogP contribution in [0.3, 0.4) is 0 Å². The van der Waals surface area contributed by atoms with Crippen LogP contribution in [-0.2, 0) is 0 Å². The number of hydrogen-bond donors (Lipinski definition) is 2. The highest BCUT2D eigenvalue weighted by atomic mass is 32.2. The number of rotatable bonds is 0. The molecule has 0 aromatic heterocycles. The predicted molar refractivity (Wildman–Crippen MR) is 32.8 cm³/mol. The molecule has 2 nitrogen and oxygen atoms in total. The van der Waals surface area contributed by atoms with E-state index in [0.717, 1.165) is 0 Å². The van der Waals surface area contributed by atoms with Crippen LogP contribution < -0.4 is 10.0 Å². The van der Waals surface area contributed by atoms with Crippen molar-refractivity contribution in [3.63, 3.8) is 0 Å². The summed E-state index contributed by atoms with van der Waals surface area (Å²) in [5.41, 5.74) is 0. The molecule has 0 bridgehead atoms. The molecule has 2 atom stereocenters. The van der Waals surface area contributed by atoms with Crippen LogP contribution >= 0.6 is 11.9 Å². The number of nitrogens with one attached hydrogen (secondary N) is 2. The van der Waals surface area contributed by atoms with Crippen LogP contribution in [0, 0.1) is 0 Å². The maximum absolute atomic E-state index is 3.27. The van der Waals surface area contributed by atoms with Crippen LogP contribution in [0.25, 0.3) is 0 Å². The fourth-order valence-corrected chi connectivity index (χ4v) is 1.37. The van der Waals surface area contributed by atoms with Crippen LogP contribution in [0.1, 0.15) is 13.8 Å². The molecule has 2 unspecified atom stereocenters. The van der Waals surface area contributed by atoms with Gasteiger partial charge in [0.2, 0.25) is 0 Å². The first-order valence-electron chi connectivity index (χ1n) is 2.46. The van der Waals surface area contributed by atoms with Crippen molar-refractivity contribution in [2.45, 2.75) is 25.4 Å². The van der Waals surface area contributed by atoms with E-state index in [2.05, 4.69) is 23.9 Å². The normalized spacial score (nSPS) is 42.0. The smallest absolute Gasteiger partial charge is 0.0662 e. The average Bonchev–Trinajstić information content (AvgIpc) is 1.87. The first-order chi connectivity index (χ1) is 3.29. The van der Waals surface area contributed by atoms with Gasteiger partial charge in [-0.2, -0.15) is 0 Å². The van der Waals surface area contributed by atoms with Gasteiger partial charge in [0.15, 0.2) is 0 Å². The summed E-state index contributed by atoms with van der Waals surface area (Å²) in [6.45, 7) is 4.25. The standard InChI is InChI=1S/C4H10N2S/c1-3-5-4(2)7-6-3/h3-6H,1-2H3. The minimum absolute atomic E-state index is 0.486. The van der Waals surface area contributed by atoms with Gasteiger partial charge in [0.1, 0.15) is 0 Å². The first kappa shape index (κ1) is 5.41. The third-order valence-electron chi connectivity index (χ3n) is 0.906. The summed E-state index contributed by atoms with van der Waals surface area (Å²) >= 11 is 1.74. The Labute approximate surface area is 48.2 Å². The minimum atomic E-state index is 0.486. The second-order valence-electron chi connectivity index (χ2n) is 1.77. The molecule has 2 N–H and O–H groups in total. The van der Waals surface area contributed by atoms with E-state index in [-0.39, 0.29) is 0 Å². The van der Waals surface area contributed by atoms with Gasteiger partial charge in [-0.15, -0.1) is 0 Å². The van der Waals surface area contributed by atoms with Gasteiger partial charge in [-0.3, -0.25) is 5.32 Å². The molecule has 1 rings (SSSR count). The molecular formula is C4H10N2S. The highest BCUT2D eigenvalue weighted by Gasteiger charge is 2.14. The van der Waals surface area contributed by atoms with E-state index in [0.29, 0.717) is 11.5 Å². The molecule has 0 amide bonds. The van der Waals surface area contributed by atoms with Gasteiger partial charge >= 0.3 is 0 Å². The fraction of sp³-hybridized carbons (Fsp3) is 1.00. The molecule has 1 aliphatic rings. The Morgan fingerprint density at radius 3 is 2.29 bits per heavy atom. The summed E-state index contributed by atoms with van der Waals surface area (Å²) in [4.78, 5) is 0. The molecule has 0 aromatic rings. The Morgan fingerprint density at radius 2 is 2.14 bits per heavy atom. The van der Waals surface area contributed by atoms with Gasteiger partial charge in [0.25, 0.3) is 0 Å². The molecule has 3 heteroatoms. The molecule has 1 saturated heterocycles. The molecule has 0 aromatic carbocycles. The van der Waals surface area contributed by atoms with Crippen LogP contribution in [0.4, 0.5) is 0 Å². The van der Waals surface area contributed by atoms with Crippen molar-refractivity contribution in [2.24, 2.45) is 0 Å². The van der Waals surface area contributed by atoms with Crippen LogP contribution in [0.2, 0.25) is 0 Å². The molecule has 0 aliphatic carbocycles. The fourth-order valence-electron chi connectivity index (χ4n) is 0.624. The molecule has 42 valence electrons. The Kier molecular flexibility index (Phi) is 1.57. The van der Waals surface area contributed by atoms with Crippen molar-refractivity contribution >= 4 is 11.9 Å². The molecule has 1 fully saturated rings. The van der Waals surface area contributed by atoms with Crippen LogP contribution in [0.5, 0.6) is 0 Å². The van der Waals surface area contributed by atoms with Gasteiger partial charge in [-0.25, -0.2) is 4.72 Å². The summed E-state index contributed by atoms with van der Waals surface area (Å²) in [5.74, 6) is 0. The van der Waals surface area contributed by atoms with E-state index in [9.17, 15) is 0 Å². The lowest BCUT2D eigenvalue weighted by atomic mass is 10.6. The Bertz CT molecular complexity index is 58.7. The lowest BCUT2D eigenvalue weighted by Crippen LogP contribution is -2.28. The SMILES string of the molecule is CC1NSC(C)N1. The van der Waals surface area contributed by atoms with Crippen molar-refractivity contribution in [3.05, 3.63) is 0 Å². The summed E-state index contributed by atoms with van der Waals surface area (Å²) < 4.78 is 3.17. The van der Waals surface area contributed by atoms with Crippen molar-refractivity contribution in [2.75, 3.05) is 0 Å². The molecule has 7 heavy (non-hydrogen) atoms. The molecule has 0 spiro atoms. The number of hydrogen-bond acceptors (Lipinski definition) is 3. The van der Waals surface area contributed by atoms with Crippen molar-refractivity contribution < 1.29 is 0 Å². The summed E-state index contributed by atoms with van der Waals surface area (Å²) in [6, 6.07) is 0. The zero-order chi connectivity index (χ0) is 5.28. The molecule has 1 heterocycles. The zero-order valence-corrected chi connectivity index (χ0v) is 5.38. The van der Waals surface area contributed by atoms with E-state index in [1.807, 2.05) is 0 Å². The third kappa shape index (κ3) is 1.33. The van der Waals surface area contributed by atoms with Crippen molar-refractivity contribution in [1.29, 1.82) is 0 Å². The zero-order valence-electron chi connectivity index (χ0n) is 4.56. The topological polar surface area (TPSA) is 24.1 Å². The summed E-state index contributed by atoms with van der Waals surface area (Å²) in [7, 11) is 0. The molecule has 0 saturated carbocycles. The van der Waals surface area contributed by atoms with Gasteiger partial charge in [0, 0.05) is 0 Å². The predicted octanol–water partition coefficient (Wildman–Crippen LogP) is 0.519. The largest absolute Gasteiger partial charge is 0.289 e. The summed E-state index contributed by atoms with van der Waals surface area (Å²) in [6.07, 6.45) is 0.486. The van der Waals surface area contributed by atoms with E-state index in [1.165, 1.54) is 0 Å². The van der Waals surface area contributed by atoms with Crippen LogP contribution in [-0.4, -0.2) is 11.5 Å². The highest BCUT2D eigenvalue weighted by molar-refractivity contribution is 7.98. The van der Waals surface area contributed by atoms with Gasteiger partial charge in [-0.1, -0.05) is 11.9 Å². The van der Waals surface area contributed by atoms with Gasteiger partial charge in [0.05, 0.1) is 11.5 Å². The highest BCUT2D eigenvalue weighted by Crippen LogP contribution is 2.09. The minimum Gasteiger partial charge on any atom is -0.289 e. The first-order valence-corrected chi connectivity index (χ1v) is 3.34. The average molecular weight is 118 g/mol. The summed E-state index contributed by atoms with van der Waals surface area (Å²) in [5, 5.41) is 3.85. The van der Waals surface area contributed by atoms with Crippen LogP contribution in [0.15, 0.2) is 0 Å². The monoisotopic (exact) mass is 118 g/mol. The van der Waals surface area contributed by atoms with Crippen molar-refractivity contribution in [1.82, 2.24) is 10.0 Å². The van der Waals surface area contributed by atoms with Crippen molar-refractivity contribution in [3.8, 4) is 0 Å². The molecule has 1 aliphatic heterocycles.